The van der Waals surface area contributed by atoms with Gasteiger partial charge in [-0.05, 0) is 22.9 Å². The number of nitrogens with two attached hydrogens (primary N) is 1. The third-order valence-electron chi connectivity index (χ3n) is 3.97. The third kappa shape index (κ3) is 6.51. The Bertz CT molecular complexity index is 939. The number of carboxylic acid groups (broad SMARTS) is 1. The van der Waals surface area contributed by atoms with E-state index in [9.17, 15) is 9.18 Å². The molecule has 0 saturated carbocycles. The molecular weight excluding hydrogens is 401 g/mol. The first-order valence-corrected chi connectivity index (χ1v) is 8.73. The van der Waals surface area contributed by atoms with Crippen molar-refractivity contribution >= 4 is 18.4 Å². The van der Waals surface area contributed by atoms with Crippen LogP contribution >= 0.6 is 12.4 Å². The molecule has 154 valence electrons. The van der Waals surface area contributed by atoms with Crippen LogP contribution in [-0.4, -0.2) is 43.9 Å². The van der Waals surface area contributed by atoms with Gasteiger partial charge in [-0.1, -0.05) is 30.3 Å². The average molecular weight is 422 g/mol. The van der Waals surface area contributed by atoms with Crippen molar-refractivity contribution in [1.82, 2.24) is 20.2 Å². The molecule has 0 fully saturated rings. The van der Waals surface area contributed by atoms with E-state index in [1.165, 1.54) is 12.1 Å². The van der Waals surface area contributed by atoms with E-state index in [4.69, 9.17) is 15.6 Å². The molecule has 3 rings (SSSR count). The number of hydrogen-bond donors (Lipinski definition) is 2. The normalized spacial score (nSPS) is 11.5. The average Bonchev–Trinajstić information content (AvgIpc) is 3.10. The summed E-state index contributed by atoms with van der Waals surface area (Å²) in [4.78, 5) is 11.8. The minimum atomic E-state index is -1.01. The lowest BCUT2D eigenvalue weighted by atomic mass is 10.1. The highest BCUT2D eigenvalue weighted by Crippen LogP contribution is 2.23. The van der Waals surface area contributed by atoms with Gasteiger partial charge in [0, 0.05) is 18.5 Å². The van der Waals surface area contributed by atoms with Gasteiger partial charge in [0.15, 0.2) is 0 Å². The SMILES string of the molecule is Cl.N[C@@H](CC(=O)O)Cn1nnc(-c2ccc(OCCc3ccccc3)cc2F)n1. The number of aromatic nitrogens is 4. The zero-order chi connectivity index (χ0) is 19.9. The standard InChI is InChI=1S/C19H20FN5O3.ClH/c20-17-11-15(28-9-8-13-4-2-1-3-5-13)6-7-16(17)19-22-24-25(23-19)12-14(21)10-18(26)27;/h1-7,11,14H,8-10,12,21H2,(H,26,27);1H/t14-;/m0./s1. The number of nitrogens with zero attached hydrogens (tertiary/aromatic N) is 4. The van der Waals surface area contributed by atoms with Crippen LogP contribution in [0.15, 0.2) is 48.5 Å². The summed E-state index contributed by atoms with van der Waals surface area (Å²) < 4.78 is 20.0. The highest BCUT2D eigenvalue weighted by atomic mass is 35.5. The van der Waals surface area contributed by atoms with Gasteiger partial charge in [-0.25, -0.2) is 4.39 Å². The maximum Gasteiger partial charge on any atom is 0.304 e. The van der Waals surface area contributed by atoms with Crippen LogP contribution in [0.3, 0.4) is 0 Å². The van der Waals surface area contributed by atoms with Crippen LogP contribution in [0.4, 0.5) is 4.39 Å². The molecule has 0 spiro atoms. The highest BCUT2D eigenvalue weighted by Gasteiger charge is 2.15. The molecule has 1 heterocycles. The molecule has 1 aromatic heterocycles. The fourth-order valence-corrected chi connectivity index (χ4v) is 2.63. The molecule has 29 heavy (non-hydrogen) atoms. The zero-order valence-electron chi connectivity index (χ0n) is 15.4. The summed E-state index contributed by atoms with van der Waals surface area (Å²) in [7, 11) is 0. The monoisotopic (exact) mass is 421 g/mol. The second-order valence-electron chi connectivity index (χ2n) is 6.25. The number of hydrogen-bond acceptors (Lipinski definition) is 6. The van der Waals surface area contributed by atoms with Gasteiger partial charge in [0.25, 0.3) is 0 Å². The first-order valence-electron chi connectivity index (χ1n) is 8.73. The first kappa shape index (κ1) is 22.3. The van der Waals surface area contributed by atoms with Crippen LogP contribution in [0.25, 0.3) is 11.4 Å². The van der Waals surface area contributed by atoms with Crippen LogP contribution in [0.5, 0.6) is 5.75 Å². The molecular formula is C19H21ClFN5O3. The predicted molar refractivity (Wildman–Crippen MR) is 106 cm³/mol. The highest BCUT2D eigenvalue weighted by molar-refractivity contribution is 5.85. The van der Waals surface area contributed by atoms with E-state index in [0.717, 1.165) is 16.8 Å². The number of tetrazole rings is 1. The van der Waals surface area contributed by atoms with Crippen LogP contribution in [-0.2, 0) is 17.8 Å². The summed E-state index contributed by atoms with van der Waals surface area (Å²) in [5, 5.41) is 20.4. The molecule has 0 aliphatic carbocycles. The van der Waals surface area contributed by atoms with Crippen LogP contribution < -0.4 is 10.5 Å². The van der Waals surface area contributed by atoms with Gasteiger partial charge in [0.05, 0.1) is 25.1 Å². The molecule has 0 radical (unpaired) electrons. The van der Waals surface area contributed by atoms with Crippen molar-refractivity contribution in [3.8, 4) is 17.1 Å². The maximum atomic E-state index is 14.4. The van der Waals surface area contributed by atoms with E-state index in [-0.39, 0.29) is 36.8 Å². The first-order chi connectivity index (χ1) is 13.5. The van der Waals surface area contributed by atoms with Crippen molar-refractivity contribution in [2.45, 2.75) is 25.4 Å². The Kier molecular flexibility index (Phi) is 8.05. The van der Waals surface area contributed by atoms with Crippen LogP contribution in [0, 0.1) is 5.82 Å². The Morgan fingerprint density at radius 2 is 2.00 bits per heavy atom. The number of benzene rings is 2. The lowest BCUT2D eigenvalue weighted by Crippen LogP contribution is -2.30. The molecule has 0 unspecified atom stereocenters. The van der Waals surface area contributed by atoms with Crippen molar-refractivity contribution < 1.29 is 19.0 Å². The molecule has 10 heteroatoms. The molecule has 0 bridgehead atoms. The summed E-state index contributed by atoms with van der Waals surface area (Å²) in [5.41, 5.74) is 7.01. The summed E-state index contributed by atoms with van der Waals surface area (Å²) in [6, 6.07) is 13.6. The van der Waals surface area contributed by atoms with Gasteiger partial charge < -0.3 is 15.6 Å². The number of halogens is 2. The smallest absolute Gasteiger partial charge is 0.304 e. The van der Waals surface area contributed by atoms with E-state index >= 15 is 0 Å². The van der Waals surface area contributed by atoms with E-state index in [1.807, 2.05) is 30.3 Å². The van der Waals surface area contributed by atoms with E-state index < -0.39 is 17.8 Å². The molecule has 3 aromatic rings. The Hall–Kier alpha value is -3.04. The fourth-order valence-electron chi connectivity index (χ4n) is 2.63. The molecule has 2 aromatic carbocycles. The Balaban J connectivity index is 0.00000300. The van der Waals surface area contributed by atoms with Gasteiger partial charge in [0.2, 0.25) is 5.82 Å². The second kappa shape index (κ2) is 10.5. The van der Waals surface area contributed by atoms with E-state index in [0.29, 0.717) is 12.4 Å². The predicted octanol–water partition coefficient (Wildman–Crippen LogP) is 2.32. The topological polar surface area (TPSA) is 116 Å². The molecule has 8 nitrogen and oxygen atoms in total. The zero-order valence-corrected chi connectivity index (χ0v) is 16.3. The second-order valence-corrected chi connectivity index (χ2v) is 6.25. The summed E-state index contributed by atoms with van der Waals surface area (Å²) in [6.07, 6.45) is 0.497. The van der Waals surface area contributed by atoms with Gasteiger partial charge in [-0.2, -0.15) is 4.80 Å². The number of ether oxygens (including phenoxy) is 1. The van der Waals surface area contributed by atoms with Crippen LogP contribution in [0.1, 0.15) is 12.0 Å². The number of carbonyl (C=O) groups is 1. The summed E-state index contributed by atoms with van der Waals surface area (Å²) in [6.45, 7) is 0.500. The number of rotatable bonds is 9. The molecule has 0 amide bonds. The molecule has 0 saturated heterocycles. The lowest BCUT2D eigenvalue weighted by molar-refractivity contribution is -0.137. The maximum absolute atomic E-state index is 14.4. The third-order valence-corrected chi connectivity index (χ3v) is 3.97. The molecule has 0 aliphatic rings. The fraction of sp³-hybridized carbons (Fsp3) is 0.263. The van der Waals surface area contributed by atoms with Crippen molar-refractivity contribution in [3.05, 3.63) is 59.9 Å². The van der Waals surface area contributed by atoms with Gasteiger partial charge in [0.1, 0.15) is 11.6 Å². The Morgan fingerprint density at radius 1 is 1.24 bits per heavy atom. The van der Waals surface area contributed by atoms with Gasteiger partial charge in [-0.3, -0.25) is 4.79 Å². The number of carboxylic acids is 1. The summed E-state index contributed by atoms with van der Waals surface area (Å²) >= 11 is 0. The number of aliphatic carboxylic acids is 1. The minimum Gasteiger partial charge on any atom is -0.493 e. The quantitative estimate of drug-likeness (QED) is 0.544. The molecule has 1 atom stereocenters. The summed E-state index contributed by atoms with van der Waals surface area (Å²) in [5.74, 6) is -1.04. The van der Waals surface area contributed by atoms with Gasteiger partial charge >= 0.3 is 5.97 Å². The minimum absolute atomic E-state index is 0. The Morgan fingerprint density at radius 3 is 2.69 bits per heavy atom. The Labute approximate surface area is 172 Å². The van der Waals surface area contributed by atoms with Crippen molar-refractivity contribution in [1.29, 1.82) is 0 Å². The van der Waals surface area contributed by atoms with Gasteiger partial charge in [-0.15, -0.1) is 22.6 Å². The lowest BCUT2D eigenvalue weighted by Gasteiger charge is -2.08. The van der Waals surface area contributed by atoms with Crippen LogP contribution in [0.2, 0.25) is 0 Å². The molecule has 3 N–H and O–H groups in total. The van der Waals surface area contributed by atoms with Crippen molar-refractivity contribution in [2.75, 3.05) is 6.61 Å². The molecule has 0 aliphatic heterocycles. The van der Waals surface area contributed by atoms with Crippen molar-refractivity contribution in [2.24, 2.45) is 5.73 Å². The largest absolute Gasteiger partial charge is 0.493 e. The van der Waals surface area contributed by atoms with E-state index in [1.54, 1.807) is 6.07 Å². The van der Waals surface area contributed by atoms with E-state index in [2.05, 4.69) is 15.4 Å². The van der Waals surface area contributed by atoms with Crippen molar-refractivity contribution in [3.63, 3.8) is 0 Å².